The van der Waals surface area contributed by atoms with Crippen LogP contribution in [0.2, 0.25) is 5.02 Å². The highest BCUT2D eigenvalue weighted by Crippen LogP contribution is 2.38. The number of aromatic nitrogens is 3. The van der Waals surface area contributed by atoms with Gasteiger partial charge in [0.1, 0.15) is 22.0 Å². The summed E-state index contributed by atoms with van der Waals surface area (Å²) in [4.78, 5) is 20.5. The normalized spacial score (nSPS) is 11.6. The Morgan fingerprint density at radius 2 is 1.69 bits per heavy atom. The minimum Gasteiger partial charge on any atom is -0.495 e. The molecule has 182 valence electrons. The summed E-state index contributed by atoms with van der Waals surface area (Å²) in [5.74, 6) is 0.129. The van der Waals surface area contributed by atoms with Gasteiger partial charge in [-0.3, -0.25) is 9.36 Å². The highest BCUT2D eigenvalue weighted by molar-refractivity contribution is 7.92. The zero-order chi connectivity index (χ0) is 25.6. The molecule has 9 nitrogen and oxygen atoms in total. The van der Waals surface area contributed by atoms with E-state index in [0.29, 0.717) is 33.2 Å². The molecule has 0 unspecified atom stereocenters. The van der Waals surface area contributed by atoms with Crippen molar-refractivity contribution in [2.75, 3.05) is 18.2 Å². The fourth-order valence-electron chi connectivity index (χ4n) is 4.00. The molecule has 0 radical (unpaired) electrons. The predicted octanol–water partition coefficient (Wildman–Crippen LogP) is 4.61. The number of carbonyl (C=O) groups is 1. The Bertz CT molecular complexity index is 1770. The molecule has 5 aromatic rings. The third kappa shape index (κ3) is 3.90. The smallest absolute Gasteiger partial charge is 0.221 e. The first-order valence-corrected chi connectivity index (χ1v) is 12.6. The topological polar surface area (TPSA) is 129 Å². The zero-order valence-electron chi connectivity index (χ0n) is 19.2. The molecule has 0 atom stereocenters. The van der Waals surface area contributed by atoms with Gasteiger partial charge < -0.3 is 15.8 Å². The van der Waals surface area contributed by atoms with Crippen LogP contribution in [0.25, 0.3) is 27.9 Å². The van der Waals surface area contributed by atoms with E-state index in [-0.39, 0.29) is 32.7 Å². The summed E-state index contributed by atoms with van der Waals surface area (Å²) in [6.07, 6.45) is 0. The van der Waals surface area contributed by atoms with Gasteiger partial charge in [0, 0.05) is 12.6 Å². The van der Waals surface area contributed by atoms with Gasteiger partial charge in [-0.25, -0.2) is 18.4 Å². The quantitative estimate of drug-likeness (QED) is 0.345. The minimum atomic E-state index is -4.14. The second-order valence-electron chi connectivity index (χ2n) is 7.96. The van der Waals surface area contributed by atoms with Gasteiger partial charge in [0.05, 0.1) is 33.7 Å². The van der Waals surface area contributed by atoms with Crippen LogP contribution >= 0.6 is 11.6 Å². The van der Waals surface area contributed by atoms with Crippen molar-refractivity contribution in [3.8, 4) is 11.4 Å². The van der Waals surface area contributed by atoms with Crippen molar-refractivity contribution < 1.29 is 17.9 Å². The second kappa shape index (κ2) is 8.81. The number of nitrogens with two attached hydrogens (primary N) is 1. The maximum atomic E-state index is 13.9. The molecular formula is C25H20ClN5O4S. The molecule has 1 amide bonds. The molecule has 3 aromatic carbocycles. The number of hydrogen-bond acceptors (Lipinski definition) is 7. The lowest BCUT2D eigenvalue weighted by Gasteiger charge is -2.11. The van der Waals surface area contributed by atoms with Crippen molar-refractivity contribution in [3.63, 3.8) is 0 Å². The van der Waals surface area contributed by atoms with Crippen molar-refractivity contribution in [3.05, 3.63) is 71.8 Å². The van der Waals surface area contributed by atoms with Gasteiger partial charge in [-0.1, -0.05) is 23.7 Å². The van der Waals surface area contributed by atoms with E-state index in [1.807, 2.05) is 6.07 Å². The SMILES string of the molecule is COc1ccc(-n2c(N)c(S(=O)(=O)c3ccc(NC(C)=O)cc3)c3nc4ccccc4nc32)cc1Cl. The molecule has 2 heterocycles. The average Bonchev–Trinajstić information content (AvgIpc) is 3.13. The van der Waals surface area contributed by atoms with Crippen LogP contribution in [0.1, 0.15) is 6.92 Å². The monoisotopic (exact) mass is 521 g/mol. The summed E-state index contributed by atoms with van der Waals surface area (Å²) in [6.45, 7) is 1.37. The third-order valence-corrected chi connectivity index (χ3v) is 7.73. The molecule has 0 saturated carbocycles. The molecule has 11 heteroatoms. The number of carbonyl (C=O) groups excluding carboxylic acids is 1. The summed E-state index contributed by atoms with van der Waals surface area (Å²) in [5, 5.41) is 2.94. The zero-order valence-corrected chi connectivity index (χ0v) is 20.8. The number of rotatable bonds is 5. The van der Waals surface area contributed by atoms with Crippen LogP contribution in [0.5, 0.6) is 5.75 Å². The maximum absolute atomic E-state index is 13.9. The first-order valence-electron chi connectivity index (χ1n) is 10.7. The maximum Gasteiger partial charge on any atom is 0.221 e. The fourth-order valence-corrected chi connectivity index (χ4v) is 5.74. The van der Waals surface area contributed by atoms with Crippen LogP contribution in [0.15, 0.2) is 76.5 Å². The van der Waals surface area contributed by atoms with Gasteiger partial charge in [-0.15, -0.1) is 0 Å². The van der Waals surface area contributed by atoms with E-state index < -0.39 is 9.84 Å². The molecule has 2 aromatic heterocycles. The summed E-state index contributed by atoms with van der Waals surface area (Å²) in [7, 11) is -2.64. The van der Waals surface area contributed by atoms with Gasteiger partial charge >= 0.3 is 0 Å². The number of benzene rings is 3. The van der Waals surface area contributed by atoms with Crippen LogP contribution in [-0.4, -0.2) is 36.0 Å². The number of hydrogen-bond donors (Lipinski definition) is 2. The Morgan fingerprint density at radius 3 is 2.31 bits per heavy atom. The van der Waals surface area contributed by atoms with E-state index in [0.717, 1.165) is 0 Å². The van der Waals surface area contributed by atoms with Crippen molar-refractivity contribution in [1.82, 2.24) is 14.5 Å². The molecule has 0 aliphatic heterocycles. The Kier molecular flexibility index (Phi) is 5.77. The van der Waals surface area contributed by atoms with E-state index in [9.17, 15) is 13.2 Å². The number of sulfone groups is 1. The number of nitrogen functional groups attached to an aromatic ring is 1. The molecule has 0 fully saturated rings. The molecular weight excluding hydrogens is 502 g/mol. The number of amides is 1. The largest absolute Gasteiger partial charge is 0.495 e. The molecule has 5 rings (SSSR count). The highest BCUT2D eigenvalue weighted by Gasteiger charge is 2.31. The number of halogens is 1. The van der Waals surface area contributed by atoms with E-state index in [2.05, 4.69) is 10.3 Å². The van der Waals surface area contributed by atoms with Gasteiger partial charge in [0.15, 0.2) is 5.65 Å². The van der Waals surface area contributed by atoms with E-state index in [1.165, 1.54) is 42.9 Å². The van der Waals surface area contributed by atoms with Gasteiger partial charge in [-0.2, -0.15) is 0 Å². The molecule has 0 saturated heterocycles. The van der Waals surface area contributed by atoms with Crippen LogP contribution in [0.4, 0.5) is 11.5 Å². The van der Waals surface area contributed by atoms with E-state index in [4.69, 9.17) is 27.1 Å². The highest BCUT2D eigenvalue weighted by atomic mass is 35.5. The first-order chi connectivity index (χ1) is 17.2. The number of methoxy groups -OCH3 is 1. The van der Waals surface area contributed by atoms with Gasteiger partial charge in [0.2, 0.25) is 15.7 Å². The molecule has 3 N–H and O–H groups in total. The number of anilines is 2. The Balaban J connectivity index is 1.79. The molecule has 0 aliphatic carbocycles. The number of nitrogens with one attached hydrogen (secondary N) is 1. The van der Waals surface area contributed by atoms with Crippen LogP contribution in [0, 0.1) is 0 Å². The lowest BCUT2D eigenvalue weighted by molar-refractivity contribution is -0.114. The van der Waals surface area contributed by atoms with Crippen LogP contribution in [-0.2, 0) is 14.6 Å². The summed E-state index contributed by atoms with van der Waals surface area (Å²) in [6, 6.07) is 17.9. The van der Waals surface area contributed by atoms with Gasteiger partial charge in [0.25, 0.3) is 0 Å². The summed E-state index contributed by atoms with van der Waals surface area (Å²) < 4.78 is 34.5. The fraction of sp³-hybridized carbons (Fsp3) is 0.0800. The lowest BCUT2D eigenvalue weighted by Crippen LogP contribution is -2.08. The standard InChI is InChI=1S/C25H20ClN5O4S/c1-14(32)28-15-7-10-17(11-8-15)36(33,34)23-22-25(30-20-6-4-3-5-19(20)29-22)31(24(23)27)16-9-12-21(35-2)18(26)13-16/h3-13H,27H2,1-2H3,(H,28,32). The minimum absolute atomic E-state index is 0.00919. The summed E-state index contributed by atoms with van der Waals surface area (Å²) in [5.41, 5.74) is 8.98. The Hall–Kier alpha value is -4.15. The van der Waals surface area contributed by atoms with Gasteiger partial charge in [-0.05, 0) is 54.6 Å². The predicted molar refractivity (Wildman–Crippen MR) is 139 cm³/mol. The van der Waals surface area contributed by atoms with Crippen molar-refractivity contribution in [1.29, 1.82) is 0 Å². The number of fused-ring (bicyclic) bond motifs is 2. The van der Waals surface area contributed by atoms with Crippen molar-refractivity contribution in [2.45, 2.75) is 16.7 Å². The summed E-state index contributed by atoms with van der Waals surface area (Å²) >= 11 is 6.36. The van der Waals surface area contributed by atoms with Crippen molar-refractivity contribution >= 4 is 61.0 Å². The van der Waals surface area contributed by atoms with Crippen LogP contribution in [0.3, 0.4) is 0 Å². The number of para-hydroxylation sites is 2. The lowest BCUT2D eigenvalue weighted by atomic mass is 10.3. The molecule has 0 spiro atoms. The van der Waals surface area contributed by atoms with E-state index in [1.54, 1.807) is 36.4 Å². The Morgan fingerprint density at radius 1 is 1.03 bits per heavy atom. The Labute approximate surface area is 211 Å². The average molecular weight is 522 g/mol. The van der Waals surface area contributed by atoms with E-state index >= 15 is 0 Å². The van der Waals surface area contributed by atoms with Crippen LogP contribution < -0.4 is 15.8 Å². The third-order valence-electron chi connectivity index (χ3n) is 5.60. The van der Waals surface area contributed by atoms with Crippen molar-refractivity contribution in [2.24, 2.45) is 0 Å². The molecule has 0 aliphatic rings. The second-order valence-corrected chi connectivity index (χ2v) is 10.3. The number of ether oxygens (including phenoxy) is 1. The number of nitrogens with zero attached hydrogens (tertiary/aromatic N) is 3. The molecule has 0 bridgehead atoms. The molecule has 36 heavy (non-hydrogen) atoms. The first kappa shape index (κ1) is 23.6.